The Morgan fingerprint density at radius 2 is 1.53 bits per heavy atom. The van der Waals surface area contributed by atoms with E-state index in [9.17, 15) is 19.2 Å². The van der Waals surface area contributed by atoms with E-state index in [1.54, 1.807) is 70.7 Å². The first-order valence-corrected chi connectivity index (χ1v) is 14.5. The number of anilines is 2. The second-order valence-electron chi connectivity index (χ2n) is 12.8. The molecule has 0 spiro atoms. The van der Waals surface area contributed by atoms with Crippen molar-refractivity contribution >= 4 is 35.3 Å². The van der Waals surface area contributed by atoms with E-state index in [1.807, 2.05) is 24.3 Å². The Morgan fingerprint density at radius 3 is 2.07 bits per heavy atom. The number of carbonyl (C=O) groups is 4. The lowest BCUT2D eigenvalue weighted by Crippen LogP contribution is -2.58. The molecule has 43 heavy (non-hydrogen) atoms. The Labute approximate surface area is 252 Å². The second-order valence-corrected chi connectivity index (χ2v) is 12.8. The number of rotatable bonds is 8. The summed E-state index contributed by atoms with van der Waals surface area (Å²) in [7, 11) is 0. The number of hydrogen-bond acceptors (Lipinski definition) is 8. The molecule has 232 valence electrons. The summed E-state index contributed by atoms with van der Waals surface area (Å²) in [5.74, 6) is -0.881. The van der Waals surface area contributed by atoms with Gasteiger partial charge in [0.2, 0.25) is 11.8 Å². The Bertz CT molecular complexity index is 1310. The van der Waals surface area contributed by atoms with Crippen molar-refractivity contribution in [1.82, 2.24) is 10.2 Å². The molecule has 2 heterocycles. The fraction of sp³-hybridized carbons (Fsp3) is 0.500. The van der Waals surface area contributed by atoms with Crippen molar-refractivity contribution in [1.29, 1.82) is 0 Å². The smallest absolute Gasteiger partial charge is 0.408 e. The average molecular weight is 595 g/mol. The predicted molar refractivity (Wildman–Crippen MR) is 162 cm³/mol. The number of hydrogen-bond donors (Lipinski definition) is 2. The molecular weight excluding hydrogens is 552 g/mol. The van der Waals surface area contributed by atoms with Gasteiger partial charge < -0.3 is 29.7 Å². The zero-order chi connectivity index (χ0) is 31.4. The third-order valence-electron chi connectivity index (χ3n) is 6.87. The van der Waals surface area contributed by atoms with Crippen LogP contribution in [0.25, 0.3) is 0 Å². The largest absolute Gasteiger partial charge is 0.456 e. The molecule has 2 aliphatic rings. The van der Waals surface area contributed by atoms with Gasteiger partial charge in [-0.15, -0.1) is 0 Å². The third-order valence-corrected chi connectivity index (χ3v) is 6.87. The van der Waals surface area contributed by atoms with E-state index < -0.39 is 35.2 Å². The molecule has 2 saturated heterocycles. The number of ether oxygens (including phenoxy) is 3. The lowest BCUT2D eigenvalue weighted by Gasteiger charge is -2.42. The molecule has 0 aromatic heterocycles. The van der Waals surface area contributed by atoms with Crippen molar-refractivity contribution < 1.29 is 33.4 Å². The van der Waals surface area contributed by atoms with E-state index in [4.69, 9.17) is 14.2 Å². The fourth-order valence-electron chi connectivity index (χ4n) is 4.67. The van der Waals surface area contributed by atoms with Crippen LogP contribution in [0.5, 0.6) is 0 Å². The van der Waals surface area contributed by atoms with Crippen molar-refractivity contribution in [2.45, 2.75) is 71.2 Å². The SMILES string of the molecule is CC(C)(C)OC(=O)NC(Cc1ccc(N2CCN(C3COC3)CC2=O)cc1)C(=O)Nc1ccc(C(=O)OC(C)(C)C)cc1. The fourth-order valence-corrected chi connectivity index (χ4v) is 4.67. The third kappa shape index (κ3) is 9.26. The topological polar surface area (TPSA) is 127 Å². The first kappa shape index (κ1) is 32.0. The van der Waals surface area contributed by atoms with Gasteiger partial charge in [0.05, 0.1) is 31.4 Å². The van der Waals surface area contributed by atoms with Crippen LogP contribution in [0.1, 0.15) is 57.5 Å². The number of nitrogens with one attached hydrogen (secondary N) is 2. The van der Waals surface area contributed by atoms with Crippen LogP contribution in [0.2, 0.25) is 0 Å². The van der Waals surface area contributed by atoms with Crippen LogP contribution in [0, 0.1) is 0 Å². The molecule has 1 atom stereocenters. The molecule has 0 aliphatic carbocycles. The van der Waals surface area contributed by atoms with Gasteiger partial charge in [-0.2, -0.15) is 0 Å². The zero-order valence-corrected chi connectivity index (χ0v) is 25.8. The molecule has 1 unspecified atom stereocenters. The first-order valence-electron chi connectivity index (χ1n) is 14.5. The minimum atomic E-state index is -0.957. The first-order chi connectivity index (χ1) is 20.2. The molecule has 0 bridgehead atoms. The van der Waals surface area contributed by atoms with Crippen molar-refractivity contribution in [2.75, 3.05) is 43.1 Å². The van der Waals surface area contributed by atoms with Gasteiger partial charge in [-0.05, 0) is 83.5 Å². The molecular formula is C32H42N4O7. The van der Waals surface area contributed by atoms with E-state index in [0.717, 1.165) is 17.8 Å². The minimum Gasteiger partial charge on any atom is -0.456 e. The van der Waals surface area contributed by atoms with E-state index in [2.05, 4.69) is 15.5 Å². The molecule has 0 radical (unpaired) electrons. The standard InChI is InChI=1S/C32H42N4O7/c1-31(2,3)42-29(39)22-9-11-23(12-10-22)33-28(38)26(34-30(40)43-32(4,5)6)17-21-7-13-24(14-8-21)36-16-15-35(18-27(36)37)25-19-41-20-25/h7-14,25-26H,15-20H2,1-6H3,(H,33,38)(H,34,40). The predicted octanol–water partition coefficient (Wildman–Crippen LogP) is 3.76. The van der Waals surface area contributed by atoms with Gasteiger partial charge in [-0.1, -0.05) is 12.1 Å². The molecule has 0 saturated carbocycles. The van der Waals surface area contributed by atoms with Crippen molar-refractivity contribution in [3.63, 3.8) is 0 Å². The van der Waals surface area contributed by atoms with Crippen molar-refractivity contribution in [2.24, 2.45) is 0 Å². The van der Waals surface area contributed by atoms with Crippen LogP contribution in [0.15, 0.2) is 48.5 Å². The number of carbonyl (C=O) groups excluding carboxylic acids is 4. The van der Waals surface area contributed by atoms with Crippen LogP contribution in [0.3, 0.4) is 0 Å². The molecule has 2 aromatic carbocycles. The normalized spacial score (nSPS) is 17.1. The minimum absolute atomic E-state index is 0.0347. The van der Waals surface area contributed by atoms with Gasteiger partial charge in [0.15, 0.2) is 0 Å². The highest BCUT2D eigenvalue weighted by Gasteiger charge is 2.33. The molecule has 2 aromatic rings. The number of piperazine rings is 1. The molecule has 3 amide bonds. The Balaban J connectivity index is 1.42. The summed E-state index contributed by atoms with van der Waals surface area (Å²) >= 11 is 0. The van der Waals surface area contributed by atoms with Gasteiger partial charge in [0.25, 0.3) is 0 Å². The molecule has 2 aliphatic heterocycles. The number of nitrogens with zero attached hydrogens (tertiary/aromatic N) is 2. The van der Waals surface area contributed by atoms with E-state index in [1.165, 1.54) is 0 Å². The summed E-state index contributed by atoms with van der Waals surface area (Å²) in [6.07, 6.45) is -0.532. The highest BCUT2D eigenvalue weighted by molar-refractivity contribution is 5.98. The van der Waals surface area contributed by atoms with Crippen LogP contribution in [0.4, 0.5) is 16.2 Å². The van der Waals surface area contributed by atoms with Gasteiger partial charge in [0, 0.05) is 30.9 Å². The number of amides is 3. The van der Waals surface area contributed by atoms with Gasteiger partial charge in [0.1, 0.15) is 17.2 Å². The van der Waals surface area contributed by atoms with Gasteiger partial charge in [-0.25, -0.2) is 9.59 Å². The molecule has 2 N–H and O–H groups in total. The molecule has 2 fully saturated rings. The maximum absolute atomic E-state index is 13.4. The summed E-state index contributed by atoms with van der Waals surface area (Å²) < 4.78 is 16.0. The summed E-state index contributed by atoms with van der Waals surface area (Å²) in [5, 5.41) is 5.49. The van der Waals surface area contributed by atoms with Crippen LogP contribution in [-0.2, 0) is 30.2 Å². The highest BCUT2D eigenvalue weighted by Crippen LogP contribution is 2.22. The monoisotopic (exact) mass is 594 g/mol. The van der Waals surface area contributed by atoms with Crippen LogP contribution >= 0.6 is 0 Å². The van der Waals surface area contributed by atoms with Gasteiger partial charge >= 0.3 is 12.1 Å². The number of alkyl carbamates (subject to hydrolysis) is 1. The van der Waals surface area contributed by atoms with Crippen molar-refractivity contribution in [3.05, 3.63) is 59.7 Å². The average Bonchev–Trinajstić information content (AvgIpc) is 2.86. The van der Waals surface area contributed by atoms with E-state index in [0.29, 0.717) is 43.6 Å². The Morgan fingerprint density at radius 1 is 0.907 bits per heavy atom. The summed E-state index contributed by atoms with van der Waals surface area (Å²) in [4.78, 5) is 55.1. The highest BCUT2D eigenvalue weighted by atomic mass is 16.6. The lowest BCUT2D eigenvalue weighted by atomic mass is 10.0. The summed E-state index contributed by atoms with van der Waals surface area (Å²) in [6.45, 7) is 13.7. The van der Waals surface area contributed by atoms with Crippen molar-refractivity contribution in [3.8, 4) is 0 Å². The maximum atomic E-state index is 13.4. The van der Waals surface area contributed by atoms with Crippen LogP contribution < -0.4 is 15.5 Å². The molecule has 4 rings (SSSR count). The summed E-state index contributed by atoms with van der Waals surface area (Å²) in [6, 6.07) is 13.1. The lowest BCUT2D eigenvalue weighted by molar-refractivity contribution is -0.127. The quantitative estimate of drug-likeness (QED) is 0.443. The Hall–Kier alpha value is -3.96. The molecule has 11 heteroatoms. The number of benzene rings is 2. The zero-order valence-electron chi connectivity index (χ0n) is 25.8. The second kappa shape index (κ2) is 13.1. The summed E-state index contributed by atoms with van der Waals surface area (Å²) in [5.41, 5.74) is 1.01. The Kier molecular flexibility index (Phi) is 9.76. The van der Waals surface area contributed by atoms with E-state index >= 15 is 0 Å². The van der Waals surface area contributed by atoms with E-state index in [-0.39, 0.29) is 12.3 Å². The maximum Gasteiger partial charge on any atom is 0.408 e. The van der Waals surface area contributed by atoms with Crippen LogP contribution in [-0.4, -0.2) is 84.9 Å². The molecule has 11 nitrogen and oxygen atoms in total. The van der Waals surface area contributed by atoms with Gasteiger partial charge in [-0.3, -0.25) is 14.5 Å². The number of esters is 1.